The van der Waals surface area contributed by atoms with Gasteiger partial charge in [-0.2, -0.15) is 0 Å². The Morgan fingerprint density at radius 3 is 2.81 bits per heavy atom. The maximum absolute atomic E-state index is 13.4. The lowest BCUT2D eigenvalue weighted by Crippen LogP contribution is -2.16. The van der Waals surface area contributed by atoms with Gasteiger partial charge in [0, 0.05) is 30.2 Å². The molecule has 2 heterocycles. The van der Waals surface area contributed by atoms with E-state index in [1.54, 1.807) is 35.9 Å². The lowest BCUT2D eigenvalue weighted by molar-refractivity contribution is 0.0679. The molecule has 3 aromatic rings. The zero-order valence-electron chi connectivity index (χ0n) is 15.1. The highest BCUT2D eigenvalue weighted by molar-refractivity contribution is 6.06. The molecule has 0 saturated carbocycles. The predicted molar refractivity (Wildman–Crippen MR) is 102 cm³/mol. The minimum Gasteiger partial charge on any atom is -0.491 e. The molecule has 4 rings (SSSR count). The average molecular weight is 368 g/mol. The van der Waals surface area contributed by atoms with Gasteiger partial charge in [0.15, 0.2) is 0 Å². The molecule has 1 amide bonds. The topological polar surface area (TPSA) is 52.5 Å². The van der Waals surface area contributed by atoms with Gasteiger partial charge < -0.3 is 19.4 Å². The van der Waals surface area contributed by atoms with Crippen LogP contribution < -0.4 is 10.1 Å². The number of carbonyl (C=O) groups is 1. The Kier molecular flexibility index (Phi) is 4.81. The van der Waals surface area contributed by atoms with Gasteiger partial charge in [-0.3, -0.25) is 4.79 Å². The fraction of sp³-hybridized carbons (Fsp3) is 0.286. The molecule has 1 N–H and O–H groups in total. The smallest absolute Gasteiger partial charge is 0.272 e. The number of fused-ring (bicyclic) bond motifs is 1. The van der Waals surface area contributed by atoms with Crippen LogP contribution in [0.25, 0.3) is 10.9 Å². The molecule has 2 aromatic carbocycles. The summed E-state index contributed by atoms with van der Waals surface area (Å²) in [5, 5.41) is 3.56. The lowest BCUT2D eigenvalue weighted by atomic mass is 10.2. The van der Waals surface area contributed by atoms with Crippen molar-refractivity contribution in [3.63, 3.8) is 0 Å². The highest BCUT2D eigenvalue weighted by Crippen LogP contribution is 2.22. The van der Waals surface area contributed by atoms with Crippen LogP contribution in [-0.2, 0) is 11.8 Å². The number of aromatic nitrogens is 1. The van der Waals surface area contributed by atoms with Crippen molar-refractivity contribution in [2.75, 3.05) is 18.5 Å². The summed E-state index contributed by atoms with van der Waals surface area (Å²) in [5.74, 6) is 0.171. The Labute approximate surface area is 156 Å². The molecule has 1 fully saturated rings. The number of nitrogens with zero attached hydrogens (tertiary/aromatic N) is 1. The zero-order chi connectivity index (χ0) is 18.8. The maximum Gasteiger partial charge on any atom is 0.272 e. The third-order valence-corrected chi connectivity index (χ3v) is 4.81. The first-order valence-corrected chi connectivity index (χ1v) is 9.01. The van der Waals surface area contributed by atoms with E-state index in [-0.39, 0.29) is 17.8 Å². The summed E-state index contributed by atoms with van der Waals surface area (Å²) in [6.45, 7) is 1.35. The van der Waals surface area contributed by atoms with Crippen molar-refractivity contribution in [3.8, 4) is 5.75 Å². The van der Waals surface area contributed by atoms with Gasteiger partial charge in [0.1, 0.15) is 23.9 Å². The number of carbonyl (C=O) groups excluding carboxylic acids is 1. The van der Waals surface area contributed by atoms with Crippen LogP contribution in [-0.4, -0.2) is 29.8 Å². The lowest BCUT2D eigenvalue weighted by Gasteiger charge is -2.12. The number of hydrogen-bond acceptors (Lipinski definition) is 3. The van der Waals surface area contributed by atoms with E-state index in [1.165, 1.54) is 12.1 Å². The molecule has 1 saturated heterocycles. The first-order valence-electron chi connectivity index (χ1n) is 9.01. The van der Waals surface area contributed by atoms with E-state index in [4.69, 9.17) is 9.47 Å². The van der Waals surface area contributed by atoms with Crippen LogP contribution in [0.5, 0.6) is 5.75 Å². The third kappa shape index (κ3) is 3.80. The number of benzene rings is 2. The third-order valence-electron chi connectivity index (χ3n) is 4.81. The number of aryl methyl sites for hydroxylation is 1. The monoisotopic (exact) mass is 368 g/mol. The normalized spacial score (nSPS) is 16.6. The van der Waals surface area contributed by atoms with Gasteiger partial charge in [-0.15, -0.1) is 0 Å². The van der Waals surface area contributed by atoms with Crippen LogP contribution in [0.4, 0.5) is 10.1 Å². The Bertz CT molecular complexity index is 959. The largest absolute Gasteiger partial charge is 0.491 e. The number of anilines is 1. The Hall–Kier alpha value is -2.86. The van der Waals surface area contributed by atoms with Gasteiger partial charge in [0.05, 0.1) is 6.10 Å². The molecule has 1 aliphatic rings. The van der Waals surface area contributed by atoms with Gasteiger partial charge in [-0.25, -0.2) is 4.39 Å². The standard InChI is InChI=1S/C21H21FN2O3/c1-24-19-9-4-15(22)11-14(19)12-20(24)21(25)23-16-5-7-17(8-6-16)27-13-18-3-2-10-26-18/h4-9,11-12,18H,2-3,10,13H2,1H3,(H,23,25). The number of nitrogens with one attached hydrogen (secondary N) is 1. The number of amides is 1. The predicted octanol–water partition coefficient (Wildman–Crippen LogP) is 4.13. The first kappa shape index (κ1) is 17.5. The van der Waals surface area contributed by atoms with E-state index >= 15 is 0 Å². The molecule has 1 unspecified atom stereocenters. The van der Waals surface area contributed by atoms with Gasteiger partial charge in [0.2, 0.25) is 0 Å². The number of halogens is 1. The molecule has 27 heavy (non-hydrogen) atoms. The van der Waals surface area contributed by atoms with E-state index in [2.05, 4.69) is 5.32 Å². The van der Waals surface area contributed by atoms with Crippen LogP contribution in [0.1, 0.15) is 23.3 Å². The fourth-order valence-electron chi connectivity index (χ4n) is 3.33. The number of ether oxygens (including phenoxy) is 2. The molecule has 0 aliphatic carbocycles. The Balaban J connectivity index is 1.42. The Morgan fingerprint density at radius 2 is 2.07 bits per heavy atom. The first-order chi connectivity index (χ1) is 13.1. The van der Waals surface area contributed by atoms with Crippen LogP contribution in [0, 0.1) is 5.82 Å². The van der Waals surface area contributed by atoms with E-state index in [0.717, 1.165) is 30.7 Å². The van der Waals surface area contributed by atoms with Gasteiger partial charge in [0.25, 0.3) is 5.91 Å². The second-order valence-electron chi connectivity index (χ2n) is 6.72. The molecule has 0 bridgehead atoms. The van der Waals surface area contributed by atoms with E-state index in [0.29, 0.717) is 23.4 Å². The minimum atomic E-state index is -0.321. The summed E-state index contributed by atoms with van der Waals surface area (Å²) in [6, 6.07) is 13.4. The van der Waals surface area contributed by atoms with Gasteiger partial charge in [-0.05, 0) is 61.4 Å². The SMILES string of the molecule is Cn1c(C(=O)Nc2ccc(OCC3CCCO3)cc2)cc2cc(F)ccc21. The molecule has 5 nitrogen and oxygen atoms in total. The van der Waals surface area contributed by atoms with Crippen molar-refractivity contribution < 1.29 is 18.7 Å². The van der Waals surface area contributed by atoms with Crippen LogP contribution in [0.3, 0.4) is 0 Å². The highest BCUT2D eigenvalue weighted by Gasteiger charge is 2.16. The molecule has 1 aromatic heterocycles. The Morgan fingerprint density at radius 1 is 1.26 bits per heavy atom. The van der Waals surface area contributed by atoms with E-state index in [1.807, 2.05) is 12.1 Å². The van der Waals surface area contributed by atoms with Crippen molar-refractivity contribution in [1.82, 2.24) is 4.57 Å². The van der Waals surface area contributed by atoms with Crippen LogP contribution in [0.15, 0.2) is 48.5 Å². The number of hydrogen-bond donors (Lipinski definition) is 1. The highest BCUT2D eigenvalue weighted by atomic mass is 19.1. The van der Waals surface area contributed by atoms with Crippen molar-refractivity contribution >= 4 is 22.5 Å². The van der Waals surface area contributed by atoms with Gasteiger partial charge in [-0.1, -0.05) is 0 Å². The summed E-state index contributed by atoms with van der Waals surface area (Å²) in [7, 11) is 1.79. The van der Waals surface area contributed by atoms with E-state index in [9.17, 15) is 9.18 Å². The summed E-state index contributed by atoms with van der Waals surface area (Å²) >= 11 is 0. The van der Waals surface area contributed by atoms with Gasteiger partial charge >= 0.3 is 0 Å². The molecule has 6 heteroatoms. The molecular formula is C21H21FN2O3. The molecule has 140 valence electrons. The van der Waals surface area contributed by atoms with Crippen molar-refractivity contribution in [2.24, 2.45) is 7.05 Å². The summed E-state index contributed by atoms with van der Waals surface area (Å²) in [6.07, 6.45) is 2.28. The maximum atomic E-state index is 13.4. The van der Waals surface area contributed by atoms with Crippen LogP contribution >= 0.6 is 0 Å². The summed E-state index contributed by atoms with van der Waals surface area (Å²) < 4.78 is 26.4. The van der Waals surface area contributed by atoms with Crippen molar-refractivity contribution in [2.45, 2.75) is 18.9 Å². The molecule has 0 spiro atoms. The zero-order valence-corrected chi connectivity index (χ0v) is 15.1. The average Bonchev–Trinajstić information content (AvgIpc) is 3.29. The summed E-state index contributed by atoms with van der Waals surface area (Å²) in [4.78, 5) is 12.6. The number of rotatable bonds is 5. The van der Waals surface area contributed by atoms with Crippen molar-refractivity contribution in [1.29, 1.82) is 0 Å². The second kappa shape index (κ2) is 7.40. The summed E-state index contributed by atoms with van der Waals surface area (Å²) in [5.41, 5.74) is 1.94. The van der Waals surface area contributed by atoms with Crippen LogP contribution in [0.2, 0.25) is 0 Å². The molecular weight excluding hydrogens is 347 g/mol. The molecule has 1 atom stereocenters. The minimum absolute atomic E-state index is 0.167. The second-order valence-corrected chi connectivity index (χ2v) is 6.72. The molecule has 0 radical (unpaired) electrons. The fourth-order valence-corrected chi connectivity index (χ4v) is 3.33. The van der Waals surface area contributed by atoms with Crippen molar-refractivity contribution in [3.05, 3.63) is 60.0 Å². The molecule has 1 aliphatic heterocycles. The quantitative estimate of drug-likeness (QED) is 0.737. The van der Waals surface area contributed by atoms with E-state index < -0.39 is 0 Å².